The van der Waals surface area contributed by atoms with E-state index in [4.69, 9.17) is 10.8 Å². The molecule has 5 heteroatoms. The van der Waals surface area contributed by atoms with Crippen LogP contribution in [0.4, 0.5) is 21.5 Å². The number of carbonyl (C=O) groups is 1. The molecule has 3 N–H and O–H groups in total. The van der Waals surface area contributed by atoms with E-state index in [9.17, 15) is 9.18 Å². The smallest absolute Gasteiger partial charge is 0.337 e. The lowest BCUT2D eigenvalue weighted by molar-refractivity contribution is 0.0698. The van der Waals surface area contributed by atoms with Crippen molar-refractivity contribution in [2.24, 2.45) is 0 Å². The van der Waals surface area contributed by atoms with Crippen molar-refractivity contribution in [1.29, 1.82) is 0 Å². The van der Waals surface area contributed by atoms with Crippen LogP contribution in [0, 0.1) is 5.82 Å². The summed E-state index contributed by atoms with van der Waals surface area (Å²) in [6.45, 7) is 0.696. The molecular formula is C15H13FN2O2. The van der Waals surface area contributed by atoms with E-state index in [1.54, 1.807) is 18.2 Å². The van der Waals surface area contributed by atoms with E-state index in [-0.39, 0.29) is 17.1 Å². The minimum Gasteiger partial charge on any atom is -0.478 e. The Hall–Kier alpha value is -2.56. The largest absolute Gasteiger partial charge is 0.478 e. The van der Waals surface area contributed by atoms with Gasteiger partial charge in [0, 0.05) is 23.6 Å². The third-order valence-corrected chi connectivity index (χ3v) is 3.52. The quantitative estimate of drug-likeness (QED) is 0.825. The van der Waals surface area contributed by atoms with Gasteiger partial charge in [0.25, 0.3) is 0 Å². The summed E-state index contributed by atoms with van der Waals surface area (Å²) in [6, 6.07) is 9.52. The first kappa shape index (κ1) is 12.5. The van der Waals surface area contributed by atoms with E-state index in [1.807, 2.05) is 4.90 Å². The summed E-state index contributed by atoms with van der Waals surface area (Å²) in [5.74, 6) is -1.37. The number of rotatable bonds is 2. The maximum absolute atomic E-state index is 13.4. The zero-order chi connectivity index (χ0) is 14.3. The SMILES string of the molecule is Nc1ccc(N2CCc3ccc(F)cc32)cc1C(=O)O. The van der Waals surface area contributed by atoms with Crippen molar-refractivity contribution in [1.82, 2.24) is 0 Å². The van der Waals surface area contributed by atoms with Crippen LogP contribution < -0.4 is 10.6 Å². The molecule has 0 saturated carbocycles. The van der Waals surface area contributed by atoms with Crippen LogP contribution in [0.25, 0.3) is 0 Å². The molecule has 0 fully saturated rings. The predicted octanol–water partition coefficient (Wildman–Crippen LogP) is 2.80. The molecule has 0 unspecified atom stereocenters. The van der Waals surface area contributed by atoms with Gasteiger partial charge in [0.15, 0.2) is 0 Å². The number of anilines is 3. The lowest BCUT2D eigenvalue weighted by atomic mass is 10.1. The minimum absolute atomic E-state index is 0.0624. The molecule has 0 spiro atoms. The van der Waals surface area contributed by atoms with Crippen molar-refractivity contribution in [3.8, 4) is 0 Å². The number of nitrogens with two attached hydrogens (primary N) is 1. The average Bonchev–Trinajstić information content (AvgIpc) is 2.82. The average molecular weight is 272 g/mol. The molecule has 3 rings (SSSR count). The molecule has 20 heavy (non-hydrogen) atoms. The summed E-state index contributed by atoms with van der Waals surface area (Å²) in [5.41, 5.74) is 8.48. The maximum Gasteiger partial charge on any atom is 0.337 e. The molecule has 1 aliphatic heterocycles. The number of hydrogen-bond donors (Lipinski definition) is 2. The first-order valence-corrected chi connectivity index (χ1v) is 6.25. The monoisotopic (exact) mass is 272 g/mol. The topological polar surface area (TPSA) is 66.6 Å². The Balaban J connectivity index is 2.06. The fourth-order valence-electron chi connectivity index (χ4n) is 2.52. The molecule has 0 aliphatic carbocycles. The Morgan fingerprint density at radius 1 is 1.25 bits per heavy atom. The minimum atomic E-state index is -1.07. The molecule has 0 saturated heterocycles. The van der Waals surface area contributed by atoms with Crippen LogP contribution in [0.1, 0.15) is 15.9 Å². The van der Waals surface area contributed by atoms with E-state index in [0.29, 0.717) is 12.2 Å². The Bertz CT molecular complexity index is 700. The van der Waals surface area contributed by atoms with Gasteiger partial charge >= 0.3 is 5.97 Å². The van der Waals surface area contributed by atoms with Gasteiger partial charge in [0.2, 0.25) is 0 Å². The number of fused-ring (bicyclic) bond motifs is 1. The number of nitrogens with zero attached hydrogens (tertiary/aromatic N) is 1. The summed E-state index contributed by atoms with van der Waals surface area (Å²) >= 11 is 0. The third-order valence-electron chi connectivity index (χ3n) is 3.52. The second-order valence-corrected chi connectivity index (χ2v) is 4.75. The van der Waals surface area contributed by atoms with Crippen molar-refractivity contribution >= 4 is 23.0 Å². The van der Waals surface area contributed by atoms with Crippen LogP contribution in [0.3, 0.4) is 0 Å². The fourth-order valence-corrected chi connectivity index (χ4v) is 2.52. The molecule has 2 aromatic rings. The zero-order valence-electron chi connectivity index (χ0n) is 10.6. The van der Waals surface area contributed by atoms with Crippen LogP contribution in [0.5, 0.6) is 0 Å². The number of carboxylic acids is 1. The Labute approximate surface area is 115 Å². The number of benzene rings is 2. The summed E-state index contributed by atoms with van der Waals surface area (Å²) in [6.07, 6.45) is 0.808. The third kappa shape index (κ3) is 1.97. The molecule has 1 aliphatic rings. The summed E-state index contributed by atoms with van der Waals surface area (Å²) < 4.78 is 13.4. The lowest BCUT2D eigenvalue weighted by Crippen LogP contribution is -2.14. The molecule has 4 nitrogen and oxygen atoms in total. The normalized spacial score (nSPS) is 13.3. The number of carboxylic acid groups (broad SMARTS) is 1. The first-order valence-electron chi connectivity index (χ1n) is 6.25. The van der Waals surface area contributed by atoms with Gasteiger partial charge in [-0.3, -0.25) is 0 Å². The molecular weight excluding hydrogens is 259 g/mol. The highest BCUT2D eigenvalue weighted by molar-refractivity contribution is 5.95. The summed E-state index contributed by atoms with van der Waals surface area (Å²) in [4.78, 5) is 13.0. The lowest BCUT2D eigenvalue weighted by Gasteiger charge is -2.20. The number of halogens is 1. The van der Waals surface area contributed by atoms with E-state index < -0.39 is 5.97 Å². The van der Waals surface area contributed by atoms with Gasteiger partial charge in [-0.25, -0.2) is 9.18 Å². The molecule has 0 atom stereocenters. The second-order valence-electron chi connectivity index (χ2n) is 4.75. The van der Waals surface area contributed by atoms with Crippen molar-refractivity contribution in [2.45, 2.75) is 6.42 Å². The Kier molecular flexibility index (Phi) is 2.82. The van der Waals surface area contributed by atoms with Crippen LogP contribution in [0.2, 0.25) is 0 Å². The van der Waals surface area contributed by atoms with Gasteiger partial charge in [0.05, 0.1) is 5.56 Å². The highest BCUT2D eigenvalue weighted by atomic mass is 19.1. The van der Waals surface area contributed by atoms with Gasteiger partial charge < -0.3 is 15.7 Å². The summed E-state index contributed by atoms with van der Waals surface area (Å²) in [5, 5.41) is 9.11. The van der Waals surface area contributed by atoms with E-state index >= 15 is 0 Å². The fraction of sp³-hybridized carbons (Fsp3) is 0.133. The van der Waals surface area contributed by atoms with Crippen LogP contribution in [-0.2, 0) is 6.42 Å². The molecule has 0 radical (unpaired) electrons. The number of hydrogen-bond acceptors (Lipinski definition) is 3. The standard InChI is InChI=1S/C15H13FN2O2/c16-10-2-1-9-5-6-18(14(9)7-10)11-3-4-13(17)12(8-11)15(19)20/h1-4,7-8H,5-6,17H2,(H,19,20). The zero-order valence-corrected chi connectivity index (χ0v) is 10.6. The van der Waals surface area contributed by atoms with Crippen molar-refractivity contribution in [3.05, 3.63) is 53.3 Å². The number of nitrogen functional groups attached to an aromatic ring is 1. The first-order chi connectivity index (χ1) is 9.56. The van der Waals surface area contributed by atoms with E-state index in [0.717, 1.165) is 17.7 Å². The highest BCUT2D eigenvalue weighted by Crippen LogP contribution is 2.36. The van der Waals surface area contributed by atoms with Gasteiger partial charge in [0.1, 0.15) is 5.82 Å². The maximum atomic E-state index is 13.4. The van der Waals surface area contributed by atoms with Gasteiger partial charge in [-0.2, -0.15) is 0 Å². The molecule has 0 bridgehead atoms. The van der Waals surface area contributed by atoms with Crippen LogP contribution >= 0.6 is 0 Å². The molecule has 1 heterocycles. The van der Waals surface area contributed by atoms with Gasteiger partial charge in [-0.1, -0.05) is 6.07 Å². The van der Waals surface area contributed by atoms with Crippen molar-refractivity contribution in [3.63, 3.8) is 0 Å². The molecule has 102 valence electrons. The van der Waals surface area contributed by atoms with Crippen LogP contribution in [-0.4, -0.2) is 17.6 Å². The highest BCUT2D eigenvalue weighted by Gasteiger charge is 2.22. The van der Waals surface area contributed by atoms with Gasteiger partial charge in [-0.15, -0.1) is 0 Å². The molecule has 0 aromatic heterocycles. The van der Waals surface area contributed by atoms with Crippen LogP contribution in [0.15, 0.2) is 36.4 Å². The second kappa shape index (κ2) is 4.52. The number of aromatic carboxylic acids is 1. The molecule has 0 amide bonds. The Morgan fingerprint density at radius 3 is 2.80 bits per heavy atom. The van der Waals surface area contributed by atoms with E-state index in [2.05, 4.69) is 0 Å². The van der Waals surface area contributed by atoms with E-state index in [1.165, 1.54) is 18.2 Å². The Morgan fingerprint density at radius 2 is 2.05 bits per heavy atom. The molecule has 2 aromatic carbocycles. The van der Waals surface area contributed by atoms with Crippen molar-refractivity contribution < 1.29 is 14.3 Å². The van der Waals surface area contributed by atoms with Crippen molar-refractivity contribution in [2.75, 3.05) is 17.2 Å². The predicted molar refractivity (Wildman–Crippen MR) is 74.9 cm³/mol. The van der Waals surface area contributed by atoms with Gasteiger partial charge in [-0.05, 0) is 42.3 Å². The summed E-state index contributed by atoms with van der Waals surface area (Å²) in [7, 11) is 0.